The maximum atomic E-state index is 6.15. The van der Waals surface area contributed by atoms with Crippen molar-refractivity contribution < 1.29 is 0 Å². The Morgan fingerprint density at radius 2 is 1.90 bits per heavy atom. The predicted octanol–water partition coefficient (Wildman–Crippen LogP) is 4.67. The number of hydrogen-bond acceptors (Lipinski definition) is 2. The van der Waals surface area contributed by atoms with Gasteiger partial charge in [-0.1, -0.05) is 55.4 Å². The summed E-state index contributed by atoms with van der Waals surface area (Å²) in [7, 11) is 0. The minimum atomic E-state index is 0.292. The van der Waals surface area contributed by atoms with E-state index in [2.05, 4.69) is 36.5 Å². The van der Waals surface area contributed by atoms with E-state index >= 15 is 0 Å². The molecule has 2 aromatic rings. The fourth-order valence-corrected chi connectivity index (χ4v) is 2.63. The van der Waals surface area contributed by atoms with E-state index in [-0.39, 0.29) is 0 Å². The zero-order valence-electron chi connectivity index (χ0n) is 11.3. The molecule has 0 bridgehead atoms. The van der Waals surface area contributed by atoms with Gasteiger partial charge in [0.15, 0.2) is 0 Å². The van der Waals surface area contributed by atoms with Crippen LogP contribution in [-0.4, -0.2) is 4.99 Å². The van der Waals surface area contributed by atoms with Gasteiger partial charge in [0.25, 0.3) is 0 Å². The zero-order chi connectivity index (χ0) is 14.5. The monoisotopic (exact) mass is 304 g/mol. The van der Waals surface area contributed by atoms with Gasteiger partial charge in [-0.25, -0.2) is 0 Å². The van der Waals surface area contributed by atoms with E-state index in [9.17, 15) is 0 Å². The molecule has 0 amide bonds. The van der Waals surface area contributed by atoms with Crippen LogP contribution in [0.3, 0.4) is 0 Å². The van der Waals surface area contributed by atoms with Crippen molar-refractivity contribution in [2.45, 2.75) is 19.8 Å². The predicted molar refractivity (Wildman–Crippen MR) is 91.1 cm³/mol. The standard InChI is InChI=1S/C16H17ClN2S/c1-2-4-11-7-9-12(10-8-11)19-14-6-3-5-13(17)15(14)16(18)20/h3,5-10,19H,2,4H2,1H3,(H2,18,20). The molecule has 0 saturated heterocycles. The number of anilines is 2. The molecule has 104 valence electrons. The molecular formula is C16H17ClN2S. The van der Waals surface area contributed by atoms with E-state index in [1.54, 1.807) is 6.07 Å². The van der Waals surface area contributed by atoms with E-state index in [1.807, 2.05) is 12.1 Å². The Kier molecular flexibility index (Phi) is 4.99. The number of nitrogens with two attached hydrogens (primary N) is 1. The van der Waals surface area contributed by atoms with E-state index in [4.69, 9.17) is 29.6 Å². The first kappa shape index (κ1) is 14.8. The van der Waals surface area contributed by atoms with Crippen LogP contribution in [0.1, 0.15) is 24.5 Å². The summed E-state index contributed by atoms with van der Waals surface area (Å²) in [6.07, 6.45) is 2.24. The van der Waals surface area contributed by atoms with Crippen molar-refractivity contribution in [1.82, 2.24) is 0 Å². The lowest BCUT2D eigenvalue weighted by Crippen LogP contribution is -2.12. The summed E-state index contributed by atoms with van der Waals surface area (Å²) in [5.74, 6) is 0. The van der Waals surface area contributed by atoms with Gasteiger partial charge in [-0.2, -0.15) is 0 Å². The molecular weight excluding hydrogens is 288 g/mol. The molecule has 0 heterocycles. The van der Waals surface area contributed by atoms with Crippen LogP contribution >= 0.6 is 23.8 Å². The van der Waals surface area contributed by atoms with E-state index in [0.29, 0.717) is 15.6 Å². The summed E-state index contributed by atoms with van der Waals surface area (Å²) in [6, 6.07) is 13.9. The highest BCUT2D eigenvalue weighted by Crippen LogP contribution is 2.27. The Morgan fingerprint density at radius 1 is 1.20 bits per heavy atom. The Labute approximate surface area is 130 Å². The summed E-state index contributed by atoms with van der Waals surface area (Å²) in [5.41, 5.74) is 9.57. The molecule has 20 heavy (non-hydrogen) atoms. The molecule has 0 unspecified atom stereocenters. The van der Waals surface area contributed by atoms with Gasteiger partial charge in [-0.3, -0.25) is 0 Å². The molecule has 2 aromatic carbocycles. The van der Waals surface area contributed by atoms with Gasteiger partial charge in [0.1, 0.15) is 4.99 Å². The molecule has 0 saturated carbocycles. The highest BCUT2D eigenvalue weighted by atomic mass is 35.5. The maximum absolute atomic E-state index is 6.15. The smallest absolute Gasteiger partial charge is 0.107 e. The van der Waals surface area contributed by atoms with Gasteiger partial charge in [0.2, 0.25) is 0 Å². The second kappa shape index (κ2) is 6.73. The van der Waals surface area contributed by atoms with Crippen LogP contribution in [0.15, 0.2) is 42.5 Å². The molecule has 0 aliphatic heterocycles. The number of rotatable bonds is 5. The molecule has 0 spiro atoms. The fourth-order valence-electron chi connectivity index (χ4n) is 2.08. The normalized spacial score (nSPS) is 10.3. The molecule has 4 heteroatoms. The number of thiocarbonyl (C=S) groups is 1. The van der Waals surface area contributed by atoms with Crippen LogP contribution < -0.4 is 11.1 Å². The summed E-state index contributed by atoms with van der Waals surface area (Å²) in [6.45, 7) is 2.17. The highest BCUT2D eigenvalue weighted by Gasteiger charge is 2.09. The topological polar surface area (TPSA) is 38.0 Å². The average Bonchev–Trinajstić information content (AvgIpc) is 2.41. The molecule has 0 fully saturated rings. The minimum Gasteiger partial charge on any atom is -0.389 e. The van der Waals surface area contributed by atoms with Crippen molar-refractivity contribution in [2.24, 2.45) is 5.73 Å². The van der Waals surface area contributed by atoms with Crippen molar-refractivity contribution in [3.8, 4) is 0 Å². The first-order valence-electron chi connectivity index (χ1n) is 6.56. The lowest BCUT2D eigenvalue weighted by molar-refractivity contribution is 0.922. The maximum Gasteiger partial charge on any atom is 0.107 e. The number of nitrogens with one attached hydrogen (secondary N) is 1. The van der Waals surface area contributed by atoms with Gasteiger partial charge < -0.3 is 11.1 Å². The lowest BCUT2D eigenvalue weighted by atomic mass is 10.1. The Hall–Kier alpha value is -1.58. The largest absolute Gasteiger partial charge is 0.389 e. The first-order chi connectivity index (χ1) is 9.61. The minimum absolute atomic E-state index is 0.292. The second-order valence-electron chi connectivity index (χ2n) is 4.60. The van der Waals surface area contributed by atoms with Crippen LogP contribution in [0.25, 0.3) is 0 Å². The molecule has 0 radical (unpaired) electrons. The van der Waals surface area contributed by atoms with Crippen LogP contribution in [0.5, 0.6) is 0 Å². The quantitative estimate of drug-likeness (QED) is 0.788. The molecule has 0 aliphatic carbocycles. The molecule has 3 N–H and O–H groups in total. The second-order valence-corrected chi connectivity index (χ2v) is 5.45. The molecule has 0 aromatic heterocycles. The summed E-state index contributed by atoms with van der Waals surface area (Å²) < 4.78 is 0. The summed E-state index contributed by atoms with van der Waals surface area (Å²) in [5, 5.41) is 3.87. The van der Waals surface area contributed by atoms with Gasteiger partial charge in [0, 0.05) is 5.69 Å². The van der Waals surface area contributed by atoms with Gasteiger partial charge in [-0.15, -0.1) is 0 Å². The number of halogens is 1. The van der Waals surface area contributed by atoms with Gasteiger partial charge in [-0.05, 0) is 36.2 Å². The summed E-state index contributed by atoms with van der Waals surface area (Å²) in [4.78, 5) is 0.292. The fraction of sp³-hybridized carbons (Fsp3) is 0.188. The number of aryl methyl sites for hydroxylation is 1. The van der Waals surface area contributed by atoms with Crippen molar-refractivity contribution in [2.75, 3.05) is 5.32 Å². The third-order valence-electron chi connectivity index (χ3n) is 3.03. The molecule has 2 nitrogen and oxygen atoms in total. The van der Waals surface area contributed by atoms with Crippen molar-refractivity contribution in [3.05, 3.63) is 58.6 Å². The van der Waals surface area contributed by atoms with E-state index in [0.717, 1.165) is 24.2 Å². The Bertz CT molecular complexity index is 608. The first-order valence-corrected chi connectivity index (χ1v) is 7.34. The van der Waals surface area contributed by atoms with Crippen LogP contribution in [0, 0.1) is 0 Å². The van der Waals surface area contributed by atoms with Crippen molar-refractivity contribution in [3.63, 3.8) is 0 Å². The van der Waals surface area contributed by atoms with Crippen LogP contribution in [0.4, 0.5) is 11.4 Å². The third-order valence-corrected chi connectivity index (χ3v) is 3.55. The number of benzene rings is 2. The average molecular weight is 305 g/mol. The number of hydrogen-bond donors (Lipinski definition) is 2. The summed E-state index contributed by atoms with van der Waals surface area (Å²) >= 11 is 11.2. The van der Waals surface area contributed by atoms with Crippen LogP contribution in [0.2, 0.25) is 5.02 Å². The van der Waals surface area contributed by atoms with Crippen LogP contribution in [-0.2, 0) is 6.42 Å². The zero-order valence-corrected chi connectivity index (χ0v) is 12.9. The highest BCUT2D eigenvalue weighted by molar-refractivity contribution is 7.80. The third kappa shape index (κ3) is 3.50. The lowest BCUT2D eigenvalue weighted by Gasteiger charge is -2.13. The SMILES string of the molecule is CCCc1ccc(Nc2cccc(Cl)c2C(N)=S)cc1. The molecule has 0 atom stereocenters. The van der Waals surface area contributed by atoms with E-state index in [1.165, 1.54) is 5.56 Å². The van der Waals surface area contributed by atoms with Gasteiger partial charge >= 0.3 is 0 Å². The molecule has 0 aliphatic rings. The van der Waals surface area contributed by atoms with Gasteiger partial charge in [0.05, 0.1) is 16.3 Å². The molecule has 2 rings (SSSR count). The van der Waals surface area contributed by atoms with E-state index < -0.39 is 0 Å². The van der Waals surface area contributed by atoms with Crippen molar-refractivity contribution >= 4 is 40.2 Å². The Morgan fingerprint density at radius 3 is 2.50 bits per heavy atom. The Balaban J connectivity index is 2.26. The van der Waals surface area contributed by atoms with Crippen molar-refractivity contribution in [1.29, 1.82) is 0 Å².